The first kappa shape index (κ1) is 8.60. The zero-order valence-corrected chi connectivity index (χ0v) is 7.25. The van der Waals surface area contributed by atoms with Crippen molar-refractivity contribution in [1.29, 1.82) is 0 Å². The van der Waals surface area contributed by atoms with Crippen LogP contribution in [0.5, 0.6) is 0 Å². The Morgan fingerprint density at radius 1 is 1.25 bits per heavy atom. The van der Waals surface area contributed by atoms with E-state index in [-0.39, 0.29) is 0 Å². The van der Waals surface area contributed by atoms with Gasteiger partial charge in [-0.1, -0.05) is 36.9 Å². The van der Waals surface area contributed by atoms with E-state index < -0.39 is 0 Å². The van der Waals surface area contributed by atoms with Gasteiger partial charge in [0.2, 0.25) is 0 Å². The molecule has 12 heavy (non-hydrogen) atoms. The molecule has 0 spiro atoms. The third-order valence-electron chi connectivity index (χ3n) is 1.66. The van der Waals surface area contributed by atoms with Crippen LogP contribution in [-0.4, -0.2) is 4.98 Å². The first-order valence-electron chi connectivity index (χ1n) is 3.94. The van der Waals surface area contributed by atoms with Crippen LogP contribution in [0.1, 0.15) is 11.3 Å². The third-order valence-corrected chi connectivity index (χ3v) is 1.66. The van der Waals surface area contributed by atoms with Crippen molar-refractivity contribution < 1.29 is 0 Å². The average Bonchev–Trinajstić information content (AvgIpc) is 2.17. The standard InChI is InChI=1S/C11H13N/c1-3-11-8-6-4-5-7-9-12-10(11)2/h3-9,12H,1H2,2H3. The lowest BCUT2D eigenvalue weighted by atomic mass is 10.2. The molecular weight excluding hydrogens is 146 g/mol. The van der Waals surface area contributed by atoms with Gasteiger partial charge in [0.1, 0.15) is 0 Å². The van der Waals surface area contributed by atoms with Crippen LogP contribution in [0.3, 0.4) is 0 Å². The second kappa shape index (κ2) is 4.39. The molecule has 1 aromatic rings. The monoisotopic (exact) mass is 159 g/mol. The number of aromatic nitrogens is 1. The minimum atomic E-state index is 1.11. The Labute approximate surface area is 73.1 Å². The first-order valence-corrected chi connectivity index (χ1v) is 3.94. The highest BCUT2D eigenvalue weighted by atomic mass is 14.6. The van der Waals surface area contributed by atoms with Crippen molar-refractivity contribution in [3.05, 3.63) is 54.4 Å². The zero-order valence-electron chi connectivity index (χ0n) is 7.25. The van der Waals surface area contributed by atoms with Crippen molar-refractivity contribution in [2.24, 2.45) is 0 Å². The van der Waals surface area contributed by atoms with Gasteiger partial charge in [-0.2, -0.15) is 0 Å². The van der Waals surface area contributed by atoms with Crippen molar-refractivity contribution in [3.63, 3.8) is 0 Å². The van der Waals surface area contributed by atoms with Crippen molar-refractivity contribution in [2.75, 3.05) is 0 Å². The van der Waals surface area contributed by atoms with E-state index in [0.717, 1.165) is 11.3 Å². The SMILES string of the molecule is C=Cc1cccccc[nH]c1C. The molecule has 0 fully saturated rings. The second-order valence-electron chi connectivity index (χ2n) is 2.53. The molecule has 0 unspecified atom stereocenters. The van der Waals surface area contributed by atoms with Crippen LogP contribution in [0, 0.1) is 6.92 Å². The number of aryl methyl sites for hydroxylation is 1. The molecule has 0 saturated heterocycles. The Kier molecular flexibility index (Phi) is 3.15. The van der Waals surface area contributed by atoms with Gasteiger partial charge in [0.05, 0.1) is 0 Å². The molecule has 0 aliphatic carbocycles. The van der Waals surface area contributed by atoms with E-state index in [1.807, 2.05) is 49.5 Å². The zero-order chi connectivity index (χ0) is 8.81. The van der Waals surface area contributed by atoms with Crippen LogP contribution in [0.2, 0.25) is 0 Å². The minimum Gasteiger partial charge on any atom is -0.365 e. The summed E-state index contributed by atoms with van der Waals surface area (Å²) in [5.41, 5.74) is 2.23. The first-order chi connectivity index (χ1) is 5.84. The van der Waals surface area contributed by atoms with Crippen molar-refractivity contribution in [2.45, 2.75) is 6.92 Å². The summed E-state index contributed by atoms with van der Waals surface area (Å²) in [5, 5.41) is 0. The summed E-state index contributed by atoms with van der Waals surface area (Å²) in [6.07, 6.45) is 3.74. The summed E-state index contributed by atoms with van der Waals surface area (Å²) in [4.78, 5) is 3.15. The molecular formula is C11H13N. The highest BCUT2D eigenvalue weighted by molar-refractivity contribution is 5.47. The van der Waals surface area contributed by atoms with Crippen LogP contribution in [0.25, 0.3) is 6.08 Å². The molecule has 0 atom stereocenters. The van der Waals surface area contributed by atoms with Gasteiger partial charge < -0.3 is 4.98 Å². The molecule has 0 aliphatic rings. The van der Waals surface area contributed by atoms with Gasteiger partial charge in [-0.15, -0.1) is 0 Å². The Morgan fingerprint density at radius 3 is 2.75 bits per heavy atom. The number of aromatic amines is 1. The lowest BCUT2D eigenvalue weighted by Gasteiger charge is -1.92. The molecule has 0 radical (unpaired) electrons. The summed E-state index contributed by atoms with van der Waals surface area (Å²) in [6.45, 7) is 5.77. The summed E-state index contributed by atoms with van der Waals surface area (Å²) >= 11 is 0. The molecule has 0 amide bonds. The van der Waals surface area contributed by atoms with E-state index in [4.69, 9.17) is 0 Å². The van der Waals surface area contributed by atoms with Crippen molar-refractivity contribution in [3.8, 4) is 0 Å². The Morgan fingerprint density at radius 2 is 2.00 bits per heavy atom. The van der Waals surface area contributed by atoms with Gasteiger partial charge in [-0.3, -0.25) is 0 Å². The maximum atomic E-state index is 3.74. The number of nitrogens with one attached hydrogen (secondary N) is 1. The summed E-state index contributed by atoms with van der Waals surface area (Å²) in [6, 6.07) is 9.94. The average molecular weight is 159 g/mol. The molecule has 1 rings (SSSR count). The normalized spacial score (nSPS) is 8.75. The minimum absolute atomic E-state index is 1.11. The fourth-order valence-electron chi connectivity index (χ4n) is 0.946. The molecule has 1 heteroatoms. The maximum absolute atomic E-state index is 3.74. The van der Waals surface area contributed by atoms with Crippen LogP contribution in [-0.2, 0) is 0 Å². The molecule has 0 saturated carbocycles. The van der Waals surface area contributed by atoms with Gasteiger partial charge in [-0.25, -0.2) is 0 Å². The highest BCUT2D eigenvalue weighted by Crippen LogP contribution is 2.01. The van der Waals surface area contributed by atoms with Crippen LogP contribution in [0.4, 0.5) is 0 Å². The number of hydrogen-bond donors (Lipinski definition) is 1. The molecule has 62 valence electrons. The van der Waals surface area contributed by atoms with E-state index >= 15 is 0 Å². The van der Waals surface area contributed by atoms with E-state index in [1.54, 1.807) is 0 Å². The molecule has 0 aromatic carbocycles. The fraction of sp³-hybridized carbons (Fsp3) is 0.0909. The smallest absolute Gasteiger partial charge is 0.0188 e. The lowest BCUT2D eigenvalue weighted by molar-refractivity contribution is 1.21. The fourth-order valence-corrected chi connectivity index (χ4v) is 0.946. The Hall–Kier alpha value is -1.50. The molecule has 1 heterocycles. The van der Waals surface area contributed by atoms with Gasteiger partial charge in [0, 0.05) is 11.9 Å². The van der Waals surface area contributed by atoms with Gasteiger partial charge in [0.25, 0.3) is 0 Å². The van der Waals surface area contributed by atoms with Crippen LogP contribution in [0.15, 0.2) is 43.1 Å². The third kappa shape index (κ3) is 2.27. The van der Waals surface area contributed by atoms with E-state index in [0.29, 0.717) is 0 Å². The highest BCUT2D eigenvalue weighted by Gasteiger charge is 1.84. The van der Waals surface area contributed by atoms with Gasteiger partial charge >= 0.3 is 0 Å². The molecule has 1 N–H and O–H groups in total. The Balaban J connectivity index is 3.34. The number of H-pyrrole nitrogens is 1. The summed E-state index contributed by atoms with van der Waals surface area (Å²) in [7, 11) is 0. The Bertz CT molecular complexity index is 309. The molecule has 0 aliphatic heterocycles. The second-order valence-corrected chi connectivity index (χ2v) is 2.53. The lowest BCUT2D eigenvalue weighted by Crippen LogP contribution is -1.78. The van der Waals surface area contributed by atoms with Gasteiger partial charge in [0.15, 0.2) is 0 Å². The molecule has 0 bridgehead atoms. The predicted molar refractivity (Wildman–Crippen MR) is 53.2 cm³/mol. The molecule has 1 aromatic heterocycles. The topological polar surface area (TPSA) is 15.8 Å². The van der Waals surface area contributed by atoms with Crippen molar-refractivity contribution >= 4 is 6.08 Å². The van der Waals surface area contributed by atoms with Crippen LogP contribution >= 0.6 is 0 Å². The van der Waals surface area contributed by atoms with E-state index in [2.05, 4.69) is 11.6 Å². The van der Waals surface area contributed by atoms with E-state index in [1.165, 1.54) is 0 Å². The van der Waals surface area contributed by atoms with Crippen molar-refractivity contribution in [1.82, 2.24) is 4.98 Å². The number of hydrogen-bond acceptors (Lipinski definition) is 0. The van der Waals surface area contributed by atoms with Crippen LogP contribution < -0.4 is 0 Å². The number of rotatable bonds is 1. The largest absolute Gasteiger partial charge is 0.365 e. The summed E-state index contributed by atoms with van der Waals surface area (Å²) < 4.78 is 0. The summed E-state index contributed by atoms with van der Waals surface area (Å²) in [5.74, 6) is 0. The van der Waals surface area contributed by atoms with E-state index in [9.17, 15) is 0 Å². The van der Waals surface area contributed by atoms with Gasteiger partial charge in [-0.05, 0) is 18.6 Å². The molecule has 1 nitrogen and oxygen atoms in total. The maximum Gasteiger partial charge on any atom is 0.0188 e. The predicted octanol–water partition coefficient (Wildman–Crippen LogP) is 3.09. The quantitative estimate of drug-likeness (QED) is 0.648.